The van der Waals surface area contributed by atoms with Gasteiger partial charge in [0.25, 0.3) is 11.2 Å². The van der Waals surface area contributed by atoms with Gasteiger partial charge in [-0.1, -0.05) is 35.9 Å². The van der Waals surface area contributed by atoms with Gasteiger partial charge in [0.15, 0.2) is 5.82 Å². The number of fused-ring (bicyclic) bond motifs is 1. The number of nitrogens with zero attached hydrogens (tertiary/aromatic N) is 2. The molecule has 0 radical (unpaired) electrons. The van der Waals surface area contributed by atoms with Crippen LogP contribution in [0, 0.1) is 10.1 Å². The number of halogens is 1. The Hall–Kier alpha value is -3.19. The predicted molar refractivity (Wildman–Crippen MR) is 88.6 cm³/mol. The Morgan fingerprint density at radius 2 is 2.00 bits per heavy atom. The largest absolute Gasteiger partial charge is 0.868 e. The van der Waals surface area contributed by atoms with Crippen LogP contribution in [0.15, 0.2) is 47.3 Å². The molecule has 0 saturated carbocycles. The molecule has 0 aliphatic heterocycles. The van der Waals surface area contributed by atoms with Gasteiger partial charge in [-0.05, 0) is 29.5 Å². The quantitative estimate of drug-likeness (QED) is 0.580. The second-order valence-electron chi connectivity index (χ2n) is 4.91. The van der Waals surface area contributed by atoms with Crippen LogP contribution in [0.25, 0.3) is 22.0 Å². The molecule has 1 N–H and O–H groups in total. The molecule has 0 unspecified atom stereocenters. The maximum Gasteiger partial charge on any atom is 0.262 e. The van der Waals surface area contributed by atoms with E-state index in [1.165, 1.54) is 12.1 Å². The van der Waals surface area contributed by atoms with Crippen molar-refractivity contribution in [3.05, 3.63) is 74.3 Å². The Bertz CT molecular complexity index is 1040. The number of benzene rings is 2. The van der Waals surface area contributed by atoms with Crippen molar-refractivity contribution < 1.29 is 10.0 Å². The molecule has 0 atom stereocenters. The van der Waals surface area contributed by atoms with E-state index in [4.69, 9.17) is 11.6 Å². The normalized spacial score (nSPS) is 11.6. The Balaban J connectivity index is 2.07. The lowest BCUT2D eigenvalue weighted by Crippen LogP contribution is -2.10. The smallest absolute Gasteiger partial charge is 0.262 e. The number of hydrogen-bond donors (Lipinski definition) is 1. The number of aromatic amines is 1. The summed E-state index contributed by atoms with van der Waals surface area (Å²) < 4.78 is 0. The van der Waals surface area contributed by atoms with Crippen molar-refractivity contribution in [3.8, 4) is 5.75 Å². The number of aromatic nitrogens is 2. The third kappa shape index (κ3) is 2.97. The first kappa shape index (κ1) is 15.7. The predicted octanol–water partition coefficient (Wildman–Crippen LogP) is 2.64. The molecule has 0 amide bonds. The fourth-order valence-corrected chi connectivity index (χ4v) is 2.40. The topological polar surface area (TPSA) is 112 Å². The molecular weight excluding hydrogens is 334 g/mol. The number of para-hydroxylation sites is 1. The van der Waals surface area contributed by atoms with Crippen molar-refractivity contribution in [1.29, 1.82) is 0 Å². The summed E-state index contributed by atoms with van der Waals surface area (Å²) in [5.41, 5.74) is -0.0676. The third-order valence-corrected chi connectivity index (χ3v) is 3.60. The van der Waals surface area contributed by atoms with E-state index in [1.807, 2.05) is 0 Å². The van der Waals surface area contributed by atoms with E-state index in [2.05, 4.69) is 9.97 Å². The zero-order valence-electron chi connectivity index (χ0n) is 12.0. The Morgan fingerprint density at radius 1 is 1.25 bits per heavy atom. The van der Waals surface area contributed by atoms with Gasteiger partial charge in [-0.2, -0.15) is 0 Å². The minimum Gasteiger partial charge on any atom is -0.868 e. The number of hydrogen-bond acceptors (Lipinski definition) is 5. The average Bonchev–Trinajstić information content (AvgIpc) is 2.56. The summed E-state index contributed by atoms with van der Waals surface area (Å²) in [6.07, 6.45) is 1.39. The highest BCUT2D eigenvalue weighted by Crippen LogP contribution is 2.27. The summed E-state index contributed by atoms with van der Waals surface area (Å²) in [7, 11) is 0. The molecule has 0 aliphatic carbocycles. The SMILES string of the molecule is O=c1[nH]c(/C(Cl)=C/c2ccc([O-])c([N+](=O)[O-])c2)nc2ccccc12. The minimum absolute atomic E-state index is 0.0887. The summed E-state index contributed by atoms with van der Waals surface area (Å²) >= 11 is 6.17. The lowest BCUT2D eigenvalue weighted by molar-refractivity contribution is -0.398. The van der Waals surface area contributed by atoms with Crippen molar-refractivity contribution in [3.63, 3.8) is 0 Å². The molecule has 1 heterocycles. The third-order valence-electron chi connectivity index (χ3n) is 3.31. The standard InChI is InChI=1S/C16H10ClN3O4/c17-11(7-9-5-6-14(21)13(8-9)20(23)24)15-18-12-4-2-1-3-10(12)16(22)19-15/h1-8,21H,(H,18,19,22)/p-1/b11-7-. The van der Waals surface area contributed by atoms with Gasteiger partial charge in [0.2, 0.25) is 0 Å². The van der Waals surface area contributed by atoms with Gasteiger partial charge in [0.1, 0.15) is 0 Å². The summed E-state index contributed by atoms with van der Waals surface area (Å²) in [5, 5.41) is 22.7. The van der Waals surface area contributed by atoms with Crippen LogP contribution in [-0.2, 0) is 0 Å². The van der Waals surface area contributed by atoms with E-state index in [9.17, 15) is 20.0 Å². The van der Waals surface area contributed by atoms with E-state index in [-0.39, 0.29) is 16.4 Å². The Labute approximate surface area is 140 Å². The van der Waals surface area contributed by atoms with Gasteiger partial charge in [-0.25, -0.2) is 4.98 Å². The molecule has 120 valence electrons. The lowest BCUT2D eigenvalue weighted by Gasteiger charge is -2.07. The molecule has 0 fully saturated rings. The van der Waals surface area contributed by atoms with E-state index in [0.29, 0.717) is 16.5 Å². The zero-order chi connectivity index (χ0) is 17.3. The molecular formula is C16H9ClN3O4-. The van der Waals surface area contributed by atoms with Crippen molar-refractivity contribution in [2.45, 2.75) is 0 Å². The van der Waals surface area contributed by atoms with Crippen LogP contribution in [0.5, 0.6) is 5.75 Å². The highest BCUT2D eigenvalue weighted by Gasteiger charge is 2.09. The molecule has 24 heavy (non-hydrogen) atoms. The second kappa shape index (κ2) is 6.13. The van der Waals surface area contributed by atoms with Crippen LogP contribution < -0.4 is 10.7 Å². The first-order chi connectivity index (χ1) is 11.5. The summed E-state index contributed by atoms with van der Waals surface area (Å²) in [4.78, 5) is 28.9. The maximum atomic E-state index is 12.0. The minimum atomic E-state index is -0.760. The molecule has 8 heteroatoms. The number of rotatable bonds is 3. The van der Waals surface area contributed by atoms with Crippen LogP contribution >= 0.6 is 11.6 Å². The van der Waals surface area contributed by atoms with Crippen molar-refractivity contribution in [2.75, 3.05) is 0 Å². The molecule has 7 nitrogen and oxygen atoms in total. The Kier molecular flexibility index (Phi) is 4.01. The first-order valence-electron chi connectivity index (χ1n) is 6.78. The molecule has 0 saturated heterocycles. The van der Waals surface area contributed by atoms with Gasteiger partial charge in [0.05, 0.1) is 20.9 Å². The van der Waals surface area contributed by atoms with Crippen molar-refractivity contribution in [2.24, 2.45) is 0 Å². The van der Waals surface area contributed by atoms with E-state index < -0.39 is 16.4 Å². The molecule has 0 aliphatic rings. The van der Waals surface area contributed by atoms with Crippen molar-refractivity contribution in [1.82, 2.24) is 9.97 Å². The summed E-state index contributed by atoms with van der Waals surface area (Å²) in [6, 6.07) is 10.4. The summed E-state index contributed by atoms with van der Waals surface area (Å²) in [5.74, 6) is -0.556. The van der Waals surface area contributed by atoms with Gasteiger partial charge >= 0.3 is 0 Å². The highest BCUT2D eigenvalue weighted by atomic mass is 35.5. The summed E-state index contributed by atoms with van der Waals surface area (Å²) in [6.45, 7) is 0. The molecule has 0 bridgehead atoms. The molecule has 3 rings (SSSR count). The molecule has 1 aromatic heterocycles. The number of nitro benzene ring substituents is 1. The van der Waals surface area contributed by atoms with Gasteiger partial charge in [0, 0.05) is 6.07 Å². The second-order valence-corrected chi connectivity index (χ2v) is 5.32. The van der Waals surface area contributed by atoms with Crippen LogP contribution in [0.4, 0.5) is 5.69 Å². The molecule has 0 spiro atoms. The van der Waals surface area contributed by atoms with Gasteiger partial charge in [-0.3, -0.25) is 14.9 Å². The monoisotopic (exact) mass is 342 g/mol. The van der Waals surface area contributed by atoms with Gasteiger partial charge in [-0.15, -0.1) is 0 Å². The molecule has 3 aromatic rings. The van der Waals surface area contributed by atoms with Crippen LogP contribution in [0.2, 0.25) is 0 Å². The van der Waals surface area contributed by atoms with Crippen molar-refractivity contribution >= 4 is 39.3 Å². The zero-order valence-corrected chi connectivity index (χ0v) is 12.8. The maximum absolute atomic E-state index is 12.0. The number of nitrogens with one attached hydrogen (secondary N) is 1. The average molecular weight is 343 g/mol. The van der Waals surface area contributed by atoms with E-state index >= 15 is 0 Å². The first-order valence-corrected chi connectivity index (χ1v) is 7.15. The van der Waals surface area contributed by atoms with E-state index in [0.717, 1.165) is 12.1 Å². The highest BCUT2D eigenvalue weighted by molar-refractivity contribution is 6.50. The number of H-pyrrole nitrogens is 1. The van der Waals surface area contributed by atoms with Crippen LogP contribution in [-0.4, -0.2) is 14.9 Å². The Morgan fingerprint density at radius 3 is 2.75 bits per heavy atom. The van der Waals surface area contributed by atoms with Crippen LogP contribution in [0.3, 0.4) is 0 Å². The lowest BCUT2D eigenvalue weighted by atomic mass is 10.1. The van der Waals surface area contributed by atoms with E-state index in [1.54, 1.807) is 24.3 Å². The number of nitro groups is 1. The molecule has 2 aromatic carbocycles. The fourth-order valence-electron chi connectivity index (χ4n) is 2.18. The fraction of sp³-hybridized carbons (Fsp3) is 0. The van der Waals surface area contributed by atoms with Gasteiger partial charge < -0.3 is 10.1 Å². The van der Waals surface area contributed by atoms with Crippen LogP contribution in [0.1, 0.15) is 11.4 Å².